The van der Waals surface area contributed by atoms with E-state index in [0.29, 0.717) is 4.60 Å². The number of alkyl halides is 1. The molecule has 1 aliphatic heterocycles. The number of pyridine rings is 1. The molecule has 3 heterocycles. The molecule has 1 aliphatic rings. The molecule has 0 radical (unpaired) electrons. The van der Waals surface area contributed by atoms with Gasteiger partial charge in [-0.05, 0) is 41.1 Å². The number of ketones is 1. The highest BCUT2D eigenvalue weighted by Gasteiger charge is 2.40. The zero-order chi connectivity index (χ0) is 22.0. The van der Waals surface area contributed by atoms with E-state index in [1.165, 1.54) is 19.2 Å². The Labute approximate surface area is 179 Å². The molecule has 0 spiro atoms. The van der Waals surface area contributed by atoms with Gasteiger partial charge in [-0.3, -0.25) is 14.4 Å². The van der Waals surface area contributed by atoms with Gasteiger partial charge in [0, 0.05) is 18.2 Å². The fourth-order valence-electron chi connectivity index (χ4n) is 3.25. The van der Waals surface area contributed by atoms with Crippen molar-refractivity contribution in [1.29, 1.82) is 0 Å². The van der Waals surface area contributed by atoms with Gasteiger partial charge in [-0.2, -0.15) is 0 Å². The number of Topliss-reactive ketones (excluding diaryl/α,β-unsaturated/α-hetero) is 1. The zero-order valence-electron chi connectivity index (χ0n) is 15.8. The minimum absolute atomic E-state index is 0.139. The second-order valence-electron chi connectivity index (χ2n) is 6.83. The lowest BCUT2D eigenvalue weighted by Gasteiger charge is -2.24. The van der Waals surface area contributed by atoms with Gasteiger partial charge in [0.1, 0.15) is 34.9 Å². The van der Waals surface area contributed by atoms with Crippen LogP contribution in [0.25, 0.3) is 0 Å². The van der Waals surface area contributed by atoms with Gasteiger partial charge in [0.15, 0.2) is 5.78 Å². The number of aromatic nitrogens is 2. The molecular formula is C19H18BrFN4O5. The first-order valence-electron chi connectivity index (χ1n) is 8.97. The standard InChI is InChI=1S/C19H18BrFN4O5/c1-10(26)11-5-14(19(29)30)24(7-11)9-17(27)25-8-12(21)6-13(25)18(28)23-16-4-2-3-15(20)22-16/h2-5,7,12-13H,6,8-9H2,1H3,(H,29,30)(H,22,23,28)/t12-,13+/m1/s1. The van der Waals surface area contributed by atoms with Crippen molar-refractivity contribution < 1.29 is 28.7 Å². The van der Waals surface area contributed by atoms with Crippen molar-refractivity contribution in [3.63, 3.8) is 0 Å². The Morgan fingerprint density at radius 3 is 2.70 bits per heavy atom. The molecule has 1 saturated heterocycles. The Kier molecular flexibility index (Phi) is 6.30. The van der Waals surface area contributed by atoms with Crippen molar-refractivity contribution in [2.45, 2.75) is 32.1 Å². The SMILES string of the molecule is CC(=O)c1cc(C(=O)O)n(CC(=O)N2C[C@H](F)C[C@H]2C(=O)Nc2cccc(Br)n2)c1. The Bertz CT molecular complexity index is 1020. The van der Waals surface area contributed by atoms with Gasteiger partial charge in [0.05, 0.1) is 6.54 Å². The van der Waals surface area contributed by atoms with Gasteiger partial charge in [-0.1, -0.05) is 6.07 Å². The van der Waals surface area contributed by atoms with Gasteiger partial charge in [-0.15, -0.1) is 0 Å². The highest BCUT2D eigenvalue weighted by molar-refractivity contribution is 9.10. The smallest absolute Gasteiger partial charge is 0.352 e. The summed E-state index contributed by atoms with van der Waals surface area (Å²) in [6, 6.07) is 4.99. The van der Waals surface area contributed by atoms with E-state index in [-0.39, 0.29) is 35.8 Å². The van der Waals surface area contributed by atoms with Crippen molar-refractivity contribution in [2.24, 2.45) is 0 Å². The van der Waals surface area contributed by atoms with Gasteiger partial charge in [-0.25, -0.2) is 14.2 Å². The summed E-state index contributed by atoms with van der Waals surface area (Å²) >= 11 is 3.19. The van der Waals surface area contributed by atoms with E-state index in [1.807, 2.05) is 0 Å². The number of aromatic carboxylic acids is 1. The molecule has 0 saturated carbocycles. The van der Waals surface area contributed by atoms with Gasteiger partial charge in [0.25, 0.3) is 0 Å². The van der Waals surface area contributed by atoms with Crippen LogP contribution in [0, 0.1) is 0 Å². The summed E-state index contributed by atoms with van der Waals surface area (Å²) in [7, 11) is 0. The van der Waals surface area contributed by atoms with E-state index >= 15 is 0 Å². The molecule has 0 aliphatic carbocycles. The minimum Gasteiger partial charge on any atom is -0.477 e. The first kappa shape index (κ1) is 21.6. The molecule has 2 amide bonds. The highest BCUT2D eigenvalue weighted by Crippen LogP contribution is 2.23. The van der Waals surface area contributed by atoms with Crippen LogP contribution in [0.2, 0.25) is 0 Å². The van der Waals surface area contributed by atoms with E-state index in [9.17, 15) is 28.7 Å². The summed E-state index contributed by atoms with van der Waals surface area (Å²) < 4.78 is 15.7. The fourth-order valence-corrected chi connectivity index (χ4v) is 3.59. The Balaban J connectivity index is 1.78. The molecular weight excluding hydrogens is 463 g/mol. The zero-order valence-corrected chi connectivity index (χ0v) is 17.4. The summed E-state index contributed by atoms with van der Waals surface area (Å²) in [6.45, 7) is 0.546. The van der Waals surface area contributed by atoms with E-state index in [1.54, 1.807) is 18.2 Å². The van der Waals surface area contributed by atoms with Crippen LogP contribution in [0.3, 0.4) is 0 Å². The van der Waals surface area contributed by atoms with Crippen LogP contribution in [0.4, 0.5) is 10.2 Å². The maximum absolute atomic E-state index is 14.1. The largest absolute Gasteiger partial charge is 0.477 e. The second kappa shape index (κ2) is 8.74. The number of carboxylic acid groups (broad SMARTS) is 1. The first-order chi connectivity index (χ1) is 14.2. The summed E-state index contributed by atoms with van der Waals surface area (Å²) in [4.78, 5) is 53.6. The predicted molar refractivity (Wildman–Crippen MR) is 107 cm³/mol. The van der Waals surface area contributed by atoms with Gasteiger partial charge >= 0.3 is 5.97 Å². The maximum atomic E-state index is 14.1. The van der Waals surface area contributed by atoms with Crippen LogP contribution in [0.1, 0.15) is 34.2 Å². The highest BCUT2D eigenvalue weighted by atomic mass is 79.9. The third-order valence-corrected chi connectivity index (χ3v) is 5.11. The minimum atomic E-state index is -1.39. The van der Waals surface area contributed by atoms with E-state index in [4.69, 9.17) is 0 Å². The first-order valence-corrected chi connectivity index (χ1v) is 9.76. The van der Waals surface area contributed by atoms with Crippen LogP contribution < -0.4 is 5.32 Å². The summed E-state index contributed by atoms with van der Waals surface area (Å²) in [6.07, 6.45) is -0.314. The number of anilines is 1. The van der Waals surface area contributed by atoms with Crippen molar-refractivity contribution in [3.05, 3.63) is 46.3 Å². The molecule has 30 heavy (non-hydrogen) atoms. The molecule has 11 heteroatoms. The Hall–Kier alpha value is -3.08. The predicted octanol–water partition coefficient (Wildman–Crippen LogP) is 2.12. The van der Waals surface area contributed by atoms with Crippen LogP contribution in [-0.2, 0) is 16.1 Å². The summed E-state index contributed by atoms with van der Waals surface area (Å²) in [5, 5.41) is 11.9. The topological polar surface area (TPSA) is 122 Å². The number of likely N-dealkylation sites (tertiary alicyclic amines) is 1. The molecule has 0 aromatic carbocycles. The van der Waals surface area contributed by atoms with E-state index < -0.39 is 36.5 Å². The average molecular weight is 481 g/mol. The number of nitrogens with zero attached hydrogens (tertiary/aromatic N) is 3. The van der Waals surface area contributed by atoms with E-state index in [2.05, 4.69) is 26.2 Å². The second-order valence-corrected chi connectivity index (χ2v) is 7.65. The average Bonchev–Trinajstić information content (AvgIpc) is 3.25. The normalized spacial score (nSPS) is 18.3. The van der Waals surface area contributed by atoms with E-state index in [0.717, 1.165) is 9.47 Å². The number of carbonyl (C=O) groups is 4. The molecule has 3 rings (SSSR count). The monoisotopic (exact) mass is 480 g/mol. The fraction of sp³-hybridized carbons (Fsp3) is 0.316. The van der Waals surface area contributed by atoms with Crippen molar-refractivity contribution in [3.8, 4) is 0 Å². The molecule has 158 valence electrons. The molecule has 2 N–H and O–H groups in total. The number of halogens is 2. The molecule has 1 fully saturated rings. The number of nitrogens with one attached hydrogen (secondary N) is 1. The third-order valence-electron chi connectivity index (χ3n) is 4.67. The number of carbonyl (C=O) groups excluding carboxylic acids is 3. The van der Waals surface area contributed by atoms with Crippen LogP contribution in [-0.4, -0.2) is 61.9 Å². The molecule has 2 aromatic heterocycles. The number of hydrogen-bond acceptors (Lipinski definition) is 5. The lowest BCUT2D eigenvalue weighted by atomic mass is 10.2. The number of carboxylic acids is 1. The Morgan fingerprint density at radius 2 is 2.07 bits per heavy atom. The lowest BCUT2D eigenvalue weighted by Crippen LogP contribution is -2.44. The Morgan fingerprint density at radius 1 is 1.33 bits per heavy atom. The van der Waals surface area contributed by atoms with Crippen LogP contribution in [0.15, 0.2) is 35.1 Å². The molecule has 2 atom stereocenters. The van der Waals surface area contributed by atoms with Crippen molar-refractivity contribution in [1.82, 2.24) is 14.5 Å². The molecule has 2 aromatic rings. The van der Waals surface area contributed by atoms with Crippen LogP contribution >= 0.6 is 15.9 Å². The lowest BCUT2D eigenvalue weighted by molar-refractivity contribution is -0.137. The van der Waals surface area contributed by atoms with Gasteiger partial charge in [0.2, 0.25) is 11.8 Å². The number of amides is 2. The maximum Gasteiger partial charge on any atom is 0.352 e. The quantitative estimate of drug-likeness (QED) is 0.482. The summed E-state index contributed by atoms with van der Waals surface area (Å²) in [5.74, 6) is -2.65. The van der Waals surface area contributed by atoms with Crippen LogP contribution in [0.5, 0.6) is 0 Å². The molecule has 9 nitrogen and oxygen atoms in total. The van der Waals surface area contributed by atoms with Gasteiger partial charge < -0.3 is 19.9 Å². The summed E-state index contributed by atoms with van der Waals surface area (Å²) in [5.41, 5.74) is -0.108. The molecule has 0 unspecified atom stereocenters. The van der Waals surface area contributed by atoms with Crippen molar-refractivity contribution in [2.75, 3.05) is 11.9 Å². The number of hydrogen-bond donors (Lipinski definition) is 2. The third kappa shape index (κ3) is 4.73. The molecule has 0 bridgehead atoms. The van der Waals surface area contributed by atoms with Crippen molar-refractivity contribution >= 4 is 45.3 Å². The number of rotatable bonds is 6.